The van der Waals surface area contributed by atoms with Crippen LogP contribution in [0.25, 0.3) is 0 Å². The Labute approximate surface area is 182 Å². The maximum absolute atomic E-state index is 12.8. The Morgan fingerprint density at radius 2 is 1.90 bits per heavy atom. The van der Waals surface area contributed by atoms with Gasteiger partial charge in [-0.25, -0.2) is 0 Å². The molecule has 0 unspecified atom stereocenters. The number of carbonyl (C=O) groups is 2. The number of anilines is 1. The number of thiophene rings is 1. The first-order chi connectivity index (χ1) is 13.9. The number of amides is 2. The van der Waals surface area contributed by atoms with E-state index in [0.29, 0.717) is 39.4 Å². The van der Waals surface area contributed by atoms with Gasteiger partial charge >= 0.3 is 0 Å². The van der Waals surface area contributed by atoms with Gasteiger partial charge in [-0.15, -0.1) is 11.3 Å². The number of hydrogen-bond donors (Lipinski definition) is 2. The molecule has 0 radical (unpaired) electrons. The Morgan fingerprint density at radius 3 is 2.52 bits per heavy atom. The predicted molar refractivity (Wildman–Crippen MR) is 120 cm³/mol. The van der Waals surface area contributed by atoms with E-state index in [-0.39, 0.29) is 5.91 Å². The highest BCUT2D eigenvalue weighted by Gasteiger charge is 2.21. The molecule has 29 heavy (non-hydrogen) atoms. The summed E-state index contributed by atoms with van der Waals surface area (Å²) in [6, 6.07) is 15.1. The van der Waals surface area contributed by atoms with E-state index < -0.39 is 5.91 Å². The summed E-state index contributed by atoms with van der Waals surface area (Å²) in [7, 11) is 0. The van der Waals surface area contributed by atoms with E-state index >= 15 is 0 Å². The van der Waals surface area contributed by atoms with Crippen LogP contribution in [0.5, 0.6) is 5.75 Å². The number of rotatable bonds is 7. The molecule has 0 aliphatic rings. The Kier molecular flexibility index (Phi) is 6.71. The predicted octanol–water partition coefficient (Wildman–Crippen LogP) is 5.16. The van der Waals surface area contributed by atoms with E-state index in [9.17, 15) is 9.59 Å². The number of carbonyl (C=O) groups excluding carboxylic acids is 2. The van der Waals surface area contributed by atoms with Crippen LogP contribution in [-0.4, -0.2) is 18.4 Å². The van der Waals surface area contributed by atoms with Gasteiger partial charge in [-0.3, -0.25) is 9.59 Å². The first-order valence-electron chi connectivity index (χ1n) is 9.10. The first kappa shape index (κ1) is 21.1. The second-order valence-electron chi connectivity index (χ2n) is 6.41. The van der Waals surface area contributed by atoms with Gasteiger partial charge in [0.2, 0.25) is 0 Å². The lowest BCUT2D eigenvalue weighted by Crippen LogP contribution is -2.17. The molecule has 0 saturated heterocycles. The second-order valence-corrected chi connectivity index (χ2v) is 8.37. The Morgan fingerprint density at radius 1 is 1.17 bits per heavy atom. The van der Waals surface area contributed by atoms with Gasteiger partial charge in [0.25, 0.3) is 11.8 Å². The minimum absolute atomic E-state index is 0.316. The minimum atomic E-state index is -0.554. The monoisotopic (exact) mass is 472 g/mol. The highest BCUT2D eigenvalue weighted by atomic mass is 79.9. The van der Waals surface area contributed by atoms with Crippen LogP contribution in [0.2, 0.25) is 0 Å². The highest BCUT2D eigenvalue weighted by molar-refractivity contribution is 9.10. The van der Waals surface area contributed by atoms with Crippen molar-refractivity contribution in [3.8, 4) is 5.75 Å². The van der Waals surface area contributed by atoms with Crippen molar-refractivity contribution in [2.45, 2.75) is 20.3 Å². The highest BCUT2D eigenvalue weighted by Crippen LogP contribution is 2.35. The quantitative estimate of drug-likeness (QED) is 0.498. The van der Waals surface area contributed by atoms with Crippen LogP contribution in [0.15, 0.2) is 53.0 Å². The maximum atomic E-state index is 12.8. The topological polar surface area (TPSA) is 81.4 Å². The Bertz CT molecular complexity index is 1050. The fourth-order valence-corrected chi connectivity index (χ4v) is 4.72. The first-order valence-corrected chi connectivity index (χ1v) is 10.7. The normalized spacial score (nSPS) is 10.6. The molecule has 7 heteroatoms. The molecule has 1 heterocycles. The molecular formula is C22H21BrN2O3S. The minimum Gasteiger partial charge on any atom is -0.493 e. The summed E-state index contributed by atoms with van der Waals surface area (Å²) in [4.78, 5) is 25.8. The molecule has 3 N–H and O–H groups in total. The van der Waals surface area contributed by atoms with Crippen LogP contribution >= 0.6 is 27.3 Å². The lowest BCUT2D eigenvalue weighted by Gasteiger charge is -2.09. The van der Waals surface area contributed by atoms with Crippen molar-refractivity contribution in [1.29, 1.82) is 0 Å². The van der Waals surface area contributed by atoms with Crippen LogP contribution in [0, 0.1) is 6.92 Å². The summed E-state index contributed by atoms with van der Waals surface area (Å²) in [6.45, 7) is 4.29. The number of nitrogens with one attached hydrogen (secondary N) is 1. The number of hydrogen-bond acceptors (Lipinski definition) is 4. The number of ether oxygens (including phenoxy) is 1. The van der Waals surface area contributed by atoms with Crippen molar-refractivity contribution >= 4 is 44.1 Å². The summed E-state index contributed by atoms with van der Waals surface area (Å²) in [6.07, 6.45) is 0.669. The average molecular weight is 473 g/mol. The summed E-state index contributed by atoms with van der Waals surface area (Å²) in [5.41, 5.74) is 8.34. The van der Waals surface area contributed by atoms with Crippen LogP contribution in [0.1, 0.15) is 43.6 Å². The van der Waals surface area contributed by atoms with E-state index in [2.05, 4.69) is 21.2 Å². The fraction of sp³-hybridized carbons (Fsp3) is 0.182. The van der Waals surface area contributed by atoms with Gasteiger partial charge < -0.3 is 15.8 Å². The summed E-state index contributed by atoms with van der Waals surface area (Å²) >= 11 is 4.79. The molecule has 3 aromatic rings. The molecule has 3 rings (SSSR count). The van der Waals surface area contributed by atoms with Gasteiger partial charge in [-0.1, -0.05) is 30.3 Å². The van der Waals surface area contributed by atoms with Crippen molar-refractivity contribution in [3.63, 3.8) is 0 Å². The zero-order chi connectivity index (χ0) is 21.0. The van der Waals surface area contributed by atoms with Crippen LogP contribution in [-0.2, 0) is 6.42 Å². The molecule has 0 saturated carbocycles. The van der Waals surface area contributed by atoms with E-state index in [0.717, 1.165) is 16.0 Å². The average Bonchev–Trinajstić information content (AvgIpc) is 2.99. The molecule has 0 bridgehead atoms. The maximum Gasteiger partial charge on any atom is 0.256 e. The van der Waals surface area contributed by atoms with E-state index in [1.165, 1.54) is 11.3 Å². The van der Waals surface area contributed by atoms with Gasteiger partial charge in [0, 0.05) is 16.9 Å². The molecule has 0 aliphatic carbocycles. The van der Waals surface area contributed by atoms with Gasteiger partial charge in [0.05, 0.1) is 16.6 Å². The number of primary amides is 1. The molecule has 5 nitrogen and oxygen atoms in total. The second kappa shape index (κ2) is 9.24. The lowest BCUT2D eigenvalue weighted by molar-refractivity contribution is 0.100. The molecule has 150 valence electrons. The Hall–Kier alpha value is -2.64. The molecule has 0 atom stereocenters. The lowest BCUT2D eigenvalue weighted by atomic mass is 10.1. The number of halogens is 1. The third kappa shape index (κ3) is 4.86. The van der Waals surface area contributed by atoms with E-state index in [1.807, 2.05) is 44.2 Å². The largest absolute Gasteiger partial charge is 0.493 e. The van der Waals surface area contributed by atoms with Crippen LogP contribution in [0.3, 0.4) is 0 Å². The third-order valence-electron chi connectivity index (χ3n) is 4.42. The van der Waals surface area contributed by atoms with Crippen molar-refractivity contribution in [2.75, 3.05) is 11.9 Å². The van der Waals surface area contributed by atoms with Gasteiger partial charge in [-0.05, 0) is 59.1 Å². The molecule has 0 aliphatic heterocycles. The summed E-state index contributed by atoms with van der Waals surface area (Å²) in [5, 5.41) is 3.32. The van der Waals surface area contributed by atoms with Crippen molar-refractivity contribution in [3.05, 3.63) is 80.1 Å². The number of benzene rings is 2. The number of nitrogens with two attached hydrogens (primary N) is 1. The molecule has 0 fully saturated rings. The smallest absolute Gasteiger partial charge is 0.256 e. The summed E-state index contributed by atoms with van der Waals surface area (Å²) < 4.78 is 6.17. The van der Waals surface area contributed by atoms with E-state index in [1.54, 1.807) is 18.2 Å². The van der Waals surface area contributed by atoms with Crippen molar-refractivity contribution in [1.82, 2.24) is 0 Å². The standard InChI is InChI=1S/C22H21BrN2O3S/c1-3-28-17-10-9-15(12-16(17)23)21(27)25-22-19(20(24)26)13(2)18(29-22)11-14-7-5-4-6-8-14/h4-10,12H,3,11H2,1-2H3,(H2,24,26)(H,25,27). The molecule has 1 aromatic heterocycles. The van der Waals surface area contributed by atoms with Crippen molar-refractivity contribution in [2.24, 2.45) is 5.73 Å². The van der Waals surface area contributed by atoms with Crippen LogP contribution in [0.4, 0.5) is 5.00 Å². The van der Waals surface area contributed by atoms with Gasteiger partial charge in [-0.2, -0.15) is 0 Å². The SMILES string of the molecule is CCOc1ccc(C(=O)Nc2sc(Cc3ccccc3)c(C)c2C(N)=O)cc1Br. The molecular weight excluding hydrogens is 452 g/mol. The fourth-order valence-electron chi connectivity index (χ4n) is 2.99. The molecule has 2 amide bonds. The molecule has 0 spiro atoms. The zero-order valence-corrected chi connectivity index (χ0v) is 18.5. The van der Waals surface area contributed by atoms with E-state index in [4.69, 9.17) is 10.5 Å². The third-order valence-corrected chi connectivity index (χ3v) is 6.25. The Balaban J connectivity index is 1.88. The summed E-state index contributed by atoms with van der Waals surface area (Å²) in [5.74, 6) is -0.205. The van der Waals surface area contributed by atoms with Crippen LogP contribution < -0.4 is 15.8 Å². The van der Waals surface area contributed by atoms with Gasteiger partial charge in [0.15, 0.2) is 0 Å². The van der Waals surface area contributed by atoms with Gasteiger partial charge in [0.1, 0.15) is 10.8 Å². The molecule has 2 aromatic carbocycles. The van der Waals surface area contributed by atoms with Crippen molar-refractivity contribution < 1.29 is 14.3 Å². The zero-order valence-electron chi connectivity index (χ0n) is 16.1.